The minimum absolute atomic E-state index is 0.0343. The van der Waals surface area contributed by atoms with Crippen LogP contribution in [0.1, 0.15) is 29.9 Å². The first-order valence-corrected chi connectivity index (χ1v) is 8.38. The maximum Gasteiger partial charge on any atom is 0.223 e. The van der Waals surface area contributed by atoms with Crippen LogP contribution >= 0.6 is 11.6 Å². The van der Waals surface area contributed by atoms with Crippen molar-refractivity contribution >= 4 is 17.5 Å². The quantitative estimate of drug-likeness (QED) is 0.830. The highest BCUT2D eigenvalue weighted by molar-refractivity contribution is 6.31. The first-order valence-electron chi connectivity index (χ1n) is 8.00. The Morgan fingerprint density at radius 3 is 3.04 bits per heavy atom. The van der Waals surface area contributed by atoms with Gasteiger partial charge in [0.1, 0.15) is 22.6 Å². The molecular formula is C17H20ClN3O3. The number of amides is 1. The third-order valence-corrected chi connectivity index (χ3v) is 4.58. The highest BCUT2D eigenvalue weighted by Gasteiger charge is 2.28. The summed E-state index contributed by atoms with van der Waals surface area (Å²) in [5, 5.41) is 4.41. The van der Waals surface area contributed by atoms with Gasteiger partial charge in [-0.15, -0.1) is 0 Å². The fraction of sp³-hybridized carbons (Fsp3) is 0.471. The van der Waals surface area contributed by atoms with E-state index in [1.54, 1.807) is 18.5 Å². The van der Waals surface area contributed by atoms with Crippen molar-refractivity contribution in [3.8, 4) is 5.75 Å². The zero-order chi connectivity index (χ0) is 17.1. The number of aromatic nitrogens is 2. The molecule has 3 heterocycles. The molecule has 24 heavy (non-hydrogen) atoms. The average molecular weight is 350 g/mol. The Balaban J connectivity index is 1.52. The van der Waals surface area contributed by atoms with Crippen molar-refractivity contribution in [3.05, 3.63) is 40.5 Å². The standard InChI is InChI=1S/C17H20ClN3O3/c1-11-14(12(2)24-20-11)3-4-17(22)21-8-6-13(10-21)23-16-5-7-19-9-15(16)18/h5,7,9,13H,3-4,6,8,10H2,1-2H3/t13-/m1/s1. The monoisotopic (exact) mass is 349 g/mol. The van der Waals surface area contributed by atoms with Crippen LogP contribution < -0.4 is 4.74 Å². The summed E-state index contributed by atoms with van der Waals surface area (Å²) in [6.45, 7) is 5.05. The minimum Gasteiger partial charge on any atom is -0.487 e. The molecule has 0 bridgehead atoms. The molecule has 0 unspecified atom stereocenters. The molecule has 1 aliphatic heterocycles. The van der Waals surface area contributed by atoms with Crippen LogP contribution in [-0.4, -0.2) is 40.1 Å². The van der Waals surface area contributed by atoms with E-state index < -0.39 is 0 Å². The van der Waals surface area contributed by atoms with Gasteiger partial charge in [-0.3, -0.25) is 9.78 Å². The van der Waals surface area contributed by atoms with Crippen molar-refractivity contribution in [3.63, 3.8) is 0 Å². The van der Waals surface area contributed by atoms with Gasteiger partial charge in [0.2, 0.25) is 5.91 Å². The van der Waals surface area contributed by atoms with Crippen LogP contribution in [0.4, 0.5) is 0 Å². The summed E-state index contributed by atoms with van der Waals surface area (Å²) in [5.74, 6) is 1.53. The molecule has 1 amide bonds. The van der Waals surface area contributed by atoms with Crippen LogP contribution in [0, 0.1) is 13.8 Å². The van der Waals surface area contributed by atoms with Gasteiger partial charge in [-0.05, 0) is 20.3 Å². The van der Waals surface area contributed by atoms with Crippen LogP contribution in [-0.2, 0) is 11.2 Å². The molecule has 0 spiro atoms. The summed E-state index contributed by atoms with van der Waals surface area (Å²) in [6.07, 6.45) is 5.06. The van der Waals surface area contributed by atoms with E-state index in [1.165, 1.54) is 0 Å². The largest absolute Gasteiger partial charge is 0.487 e. The third-order valence-electron chi connectivity index (χ3n) is 4.30. The highest BCUT2D eigenvalue weighted by Crippen LogP contribution is 2.26. The molecule has 6 nitrogen and oxygen atoms in total. The van der Waals surface area contributed by atoms with Gasteiger partial charge in [-0.1, -0.05) is 16.8 Å². The van der Waals surface area contributed by atoms with Crippen molar-refractivity contribution in [1.29, 1.82) is 0 Å². The zero-order valence-corrected chi connectivity index (χ0v) is 14.5. The molecule has 0 radical (unpaired) electrons. The Morgan fingerprint density at radius 1 is 1.50 bits per heavy atom. The number of hydrogen-bond acceptors (Lipinski definition) is 5. The smallest absolute Gasteiger partial charge is 0.223 e. The van der Waals surface area contributed by atoms with Crippen molar-refractivity contribution in [2.24, 2.45) is 0 Å². The number of pyridine rings is 1. The molecule has 1 aliphatic rings. The van der Waals surface area contributed by atoms with Crippen molar-refractivity contribution in [1.82, 2.24) is 15.0 Å². The van der Waals surface area contributed by atoms with Crippen molar-refractivity contribution < 1.29 is 14.1 Å². The van der Waals surface area contributed by atoms with Gasteiger partial charge >= 0.3 is 0 Å². The number of carbonyl (C=O) groups is 1. The lowest BCUT2D eigenvalue weighted by atomic mass is 10.1. The minimum atomic E-state index is -0.0343. The number of rotatable bonds is 5. The molecule has 0 aromatic carbocycles. The Hall–Kier alpha value is -2.08. The van der Waals surface area contributed by atoms with Gasteiger partial charge in [-0.2, -0.15) is 0 Å². The zero-order valence-electron chi connectivity index (χ0n) is 13.8. The number of hydrogen-bond donors (Lipinski definition) is 0. The number of halogens is 1. The summed E-state index contributed by atoms with van der Waals surface area (Å²) in [7, 11) is 0. The topological polar surface area (TPSA) is 68.5 Å². The van der Waals surface area contributed by atoms with E-state index in [1.807, 2.05) is 18.7 Å². The number of carbonyl (C=O) groups excluding carboxylic acids is 1. The van der Waals surface area contributed by atoms with Crippen LogP contribution in [0.15, 0.2) is 23.0 Å². The second-order valence-corrected chi connectivity index (χ2v) is 6.38. The van der Waals surface area contributed by atoms with Crippen LogP contribution in [0.2, 0.25) is 5.02 Å². The summed E-state index contributed by atoms with van der Waals surface area (Å²) < 4.78 is 11.0. The van der Waals surface area contributed by atoms with E-state index in [0.717, 1.165) is 23.4 Å². The maximum absolute atomic E-state index is 12.4. The number of nitrogens with zero attached hydrogens (tertiary/aromatic N) is 3. The molecule has 3 rings (SSSR count). The van der Waals surface area contributed by atoms with Gasteiger partial charge in [-0.25, -0.2) is 0 Å². The normalized spacial score (nSPS) is 17.3. The molecule has 0 aliphatic carbocycles. The Kier molecular flexibility index (Phi) is 5.04. The van der Waals surface area contributed by atoms with E-state index in [4.69, 9.17) is 20.9 Å². The second-order valence-electron chi connectivity index (χ2n) is 5.98. The van der Waals surface area contributed by atoms with Gasteiger partial charge in [0.05, 0.1) is 12.2 Å². The van der Waals surface area contributed by atoms with Crippen LogP contribution in [0.3, 0.4) is 0 Å². The highest BCUT2D eigenvalue weighted by atomic mass is 35.5. The predicted octanol–water partition coefficient (Wildman–Crippen LogP) is 2.95. The summed E-state index contributed by atoms with van der Waals surface area (Å²) in [4.78, 5) is 18.2. The summed E-state index contributed by atoms with van der Waals surface area (Å²) in [6, 6.07) is 1.74. The third kappa shape index (κ3) is 3.70. The van der Waals surface area contributed by atoms with E-state index in [0.29, 0.717) is 36.7 Å². The first-order chi connectivity index (χ1) is 11.5. The molecule has 1 atom stereocenters. The lowest BCUT2D eigenvalue weighted by molar-refractivity contribution is -0.130. The molecular weight excluding hydrogens is 330 g/mol. The molecule has 0 N–H and O–H groups in total. The number of aryl methyl sites for hydroxylation is 2. The van der Waals surface area contributed by atoms with Crippen LogP contribution in [0.5, 0.6) is 5.75 Å². The summed E-state index contributed by atoms with van der Waals surface area (Å²) >= 11 is 6.06. The molecule has 1 fully saturated rings. The van der Waals surface area contributed by atoms with Crippen molar-refractivity contribution in [2.45, 2.75) is 39.2 Å². The van der Waals surface area contributed by atoms with Gasteiger partial charge < -0.3 is 14.2 Å². The SMILES string of the molecule is Cc1noc(C)c1CCC(=O)N1CC[C@@H](Oc2ccncc2Cl)C1. The number of likely N-dealkylation sites (tertiary alicyclic amines) is 1. The Morgan fingerprint density at radius 2 is 2.33 bits per heavy atom. The maximum atomic E-state index is 12.4. The predicted molar refractivity (Wildman–Crippen MR) is 89.2 cm³/mol. The fourth-order valence-electron chi connectivity index (χ4n) is 2.94. The molecule has 2 aromatic rings. The molecule has 7 heteroatoms. The Labute approximate surface area is 145 Å². The molecule has 0 saturated carbocycles. The fourth-order valence-corrected chi connectivity index (χ4v) is 3.10. The second kappa shape index (κ2) is 7.21. The van der Waals surface area contributed by atoms with E-state index in [9.17, 15) is 4.79 Å². The average Bonchev–Trinajstić information content (AvgIpc) is 3.15. The van der Waals surface area contributed by atoms with E-state index in [2.05, 4.69) is 10.1 Å². The van der Waals surface area contributed by atoms with Crippen LogP contribution in [0.25, 0.3) is 0 Å². The van der Waals surface area contributed by atoms with Gasteiger partial charge in [0, 0.05) is 43.4 Å². The lowest BCUT2D eigenvalue weighted by Crippen LogP contribution is -2.31. The molecule has 2 aromatic heterocycles. The van der Waals surface area contributed by atoms with E-state index in [-0.39, 0.29) is 12.0 Å². The Bertz CT molecular complexity index is 712. The van der Waals surface area contributed by atoms with Gasteiger partial charge in [0.15, 0.2) is 0 Å². The summed E-state index contributed by atoms with van der Waals surface area (Å²) in [5.41, 5.74) is 1.88. The van der Waals surface area contributed by atoms with E-state index >= 15 is 0 Å². The van der Waals surface area contributed by atoms with Crippen molar-refractivity contribution in [2.75, 3.05) is 13.1 Å². The molecule has 128 valence electrons. The number of ether oxygens (including phenoxy) is 1. The first kappa shape index (κ1) is 16.8. The van der Waals surface area contributed by atoms with Gasteiger partial charge in [0.25, 0.3) is 0 Å². The lowest BCUT2D eigenvalue weighted by Gasteiger charge is -2.17. The molecule has 1 saturated heterocycles.